The zero-order valence-electron chi connectivity index (χ0n) is 11.0. The molecule has 0 aliphatic carbocycles. The van der Waals surface area contributed by atoms with Crippen LogP contribution < -0.4 is 5.32 Å². The van der Waals surface area contributed by atoms with E-state index in [1.807, 2.05) is 0 Å². The Balaban J connectivity index is 2.27. The Morgan fingerprint density at radius 3 is 2.79 bits per heavy atom. The first-order valence-electron chi connectivity index (χ1n) is 6.40. The Hall–Kier alpha value is -1.50. The van der Waals surface area contributed by atoms with E-state index < -0.39 is 5.97 Å². The summed E-state index contributed by atoms with van der Waals surface area (Å²) in [5.74, 6) is -0.578. The van der Waals surface area contributed by atoms with E-state index in [1.165, 1.54) is 6.20 Å². The fraction of sp³-hybridized carbons (Fsp3) is 0.667. The van der Waals surface area contributed by atoms with Crippen molar-refractivity contribution in [2.24, 2.45) is 5.92 Å². The monoisotopic (exact) mass is 285 g/mol. The molecule has 1 amide bonds. The number of nitrogens with one attached hydrogen (secondary N) is 1. The molecule has 6 nitrogen and oxygen atoms in total. The van der Waals surface area contributed by atoms with Gasteiger partial charge in [0.25, 0.3) is 5.91 Å². The number of carbonyl (C=O) groups excluding carboxylic acids is 1. The summed E-state index contributed by atoms with van der Waals surface area (Å²) in [6.45, 7) is 2.64. The number of carboxylic acids is 1. The summed E-state index contributed by atoms with van der Waals surface area (Å²) in [5, 5.41) is 15.1. The molecule has 0 saturated carbocycles. The number of amides is 1. The average Bonchev–Trinajstić information content (AvgIpc) is 2.89. The smallest absolute Gasteiger partial charge is 0.303 e. The maximum Gasteiger partial charge on any atom is 0.303 e. The lowest BCUT2D eigenvalue weighted by Gasteiger charge is -2.15. The molecule has 1 rings (SSSR count). The molecule has 0 aliphatic rings. The highest BCUT2D eigenvalue weighted by Gasteiger charge is 2.12. The molecule has 7 heteroatoms. The lowest BCUT2D eigenvalue weighted by molar-refractivity contribution is -0.137. The maximum atomic E-state index is 11.6. The molecular formula is C12H19N3O3S. The minimum absolute atomic E-state index is 0.163. The molecule has 0 spiro atoms. The van der Waals surface area contributed by atoms with Crippen molar-refractivity contribution in [3.05, 3.63) is 11.1 Å². The van der Waals surface area contributed by atoms with Crippen molar-refractivity contribution >= 4 is 23.4 Å². The summed E-state index contributed by atoms with van der Waals surface area (Å²) in [6, 6.07) is 0. The second kappa shape index (κ2) is 8.58. The van der Waals surface area contributed by atoms with Crippen LogP contribution in [0.15, 0.2) is 6.20 Å². The van der Waals surface area contributed by atoms with Gasteiger partial charge in [-0.15, -0.1) is 5.10 Å². The van der Waals surface area contributed by atoms with E-state index in [0.29, 0.717) is 23.8 Å². The Morgan fingerprint density at radius 2 is 2.21 bits per heavy atom. The third kappa shape index (κ3) is 6.28. The van der Waals surface area contributed by atoms with Crippen molar-refractivity contribution in [2.75, 3.05) is 6.54 Å². The number of nitrogens with zero attached hydrogens (tertiary/aromatic N) is 2. The minimum atomic E-state index is -0.763. The third-order valence-electron chi connectivity index (χ3n) is 2.89. The maximum absolute atomic E-state index is 11.6. The molecule has 0 radical (unpaired) electrons. The van der Waals surface area contributed by atoms with E-state index in [-0.39, 0.29) is 12.3 Å². The van der Waals surface area contributed by atoms with Crippen LogP contribution in [0.25, 0.3) is 0 Å². The number of aliphatic carboxylic acids is 1. The summed E-state index contributed by atoms with van der Waals surface area (Å²) in [6.07, 6.45) is 5.12. The third-order valence-corrected chi connectivity index (χ3v) is 3.55. The van der Waals surface area contributed by atoms with Crippen LogP contribution in [0.1, 0.15) is 48.7 Å². The van der Waals surface area contributed by atoms with Crippen LogP contribution in [-0.2, 0) is 4.79 Å². The van der Waals surface area contributed by atoms with E-state index >= 15 is 0 Å². The topological polar surface area (TPSA) is 92.2 Å². The molecule has 1 heterocycles. The van der Waals surface area contributed by atoms with E-state index in [2.05, 4.69) is 21.8 Å². The van der Waals surface area contributed by atoms with Gasteiger partial charge in [0.2, 0.25) is 0 Å². The van der Waals surface area contributed by atoms with Gasteiger partial charge in [0, 0.05) is 13.0 Å². The Morgan fingerprint density at radius 1 is 1.42 bits per heavy atom. The molecule has 2 N–H and O–H groups in total. The highest BCUT2D eigenvalue weighted by Crippen LogP contribution is 2.17. The lowest BCUT2D eigenvalue weighted by Crippen LogP contribution is -2.25. The number of hydrogen-bond acceptors (Lipinski definition) is 5. The average molecular weight is 285 g/mol. The van der Waals surface area contributed by atoms with Gasteiger partial charge in [-0.1, -0.05) is 24.3 Å². The fourth-order valence-electron chi connectivity index (χ4n) is 1.91. The molecule has 106 valence electrons. The highest BCUT2D eigenvalue weighted by molar-refractivity contribution is 7.07. The van der Waals surface area contributed by atoms with Gasteiger partial charge < -0.3 is 10.4 Å². The molecule has 0 aromatic carbocycles. The summed E-state index contributed by atoms with van der Waals surface area (Å²) in [4.78, 5) is 22.7. The van der Waals surface area contributed by atoms with Gasteiger partial charge >= 0.3 is 5.97 Å². The molecule has 1 aromatic rings. The predicted octanol–water partition coefficient (Wildman–Crippen LogP) is 1.94. The normalized spacial score (nSPS) is 12.1. The summed E-state index contributed by atoms with van der Waals surface area (Å²) in [5.41, 5.74) is 0. The fourth-order valence-corrected chi connectivity index (χ4v) is 2.34. The molecule has 1 aromatic heterocycles. The first-order valence-corrected chi connectivity index (χ1v) is 7.18. The zero-order valence-corrected chi connectivity index (χ0v) is 11.8. The molecule has 1 atom stereocenters. The van der Waals surface area contributed by atoms with E-state index in [4.69, 9.17) is 5.11 Å². The van der Waals surface area contributed by atoms with Crippen LogP contribution in [-0.4, -0.2) is 33.1 Å². The van der Waals surface area contributed by atoms with Gasteiger partial charge in [0.05, 0.1) is 6.20 Å². The van der Waals surface area contributed by atoms with E-state index in [1.54, 1.807) is 0 Å². The first kappa shape index (κ1) is 15.6. The van der Waals surface area contributed by atoms with Crippen molar-refractivity contribution < 1.29 is 14.7 Å². The Bertz CT molecular complexity index is 395. The summed E-state index contributed by atoms with van der Waals surface area (Å²) in [7, 11) is 0. The lowest BCUT2D eigenvalue weighted by atomic mass is 9.94. The van der Waals surface area contributed by atoms with E-state index in [9.17, 15) is 9.59 Å². The van der Waals surface area contributed by atoms with Crippen LogP contribution in [0, 0.1) is 5.92 Å². The van der Waals surface area contributed by atoms with Gasteiger partial charge in [-0.25, -0.2) is 0 Å². The number of carbonyl (C=O) groups is 2. The molecular weight excluding hydrogens is 266 g/mol. The first-order chi connectivity index (χ1) is 9.13. The van der Waals surface area contributed by atoms with Crippen molar-refractivity contribution in [2.45, 2.75) is 39.0 Å². The van der Waals surface area contributed by atoms with Crippen molar-refractivity contribution in [3.8, 4) is 0 Å². The summed E-state index contributed by atoms with van der Waals surface area (Å²) < 4.78 is 3.63. The van der Waals surface area contributed by atoms with Crippen LogP contribution in [0.2, 0.25) is 0 Å². The summed E-state index contributed by atoms with van der Waals surface area (Å²) >= 11 is 1.06. The van der Waals surface area contributed by atoms with Gasteiger partial charge in [0.1, 0.15) is 4.88 Å². The molecule has 19 heavy (non-hydrogen) atoms. The van der Waals surface area contributed by atoms with E-state index in [0.717, 1.165) is 30.8 Å². The van der Waals surface area contributed by atoms with Crippen LogP contribution in [0.4, 0.5) is 0 Å². The Labute approximate surface area is 116 Å². The van der Waals surface area contributed by atoms with Gasteiger partial charge in [-0.3, -0.25) is 9.59 Å². The number of carboxylic acid groups (broad SMARTS) is 1. The van der Waals surface area contributed by atoms with Crippen molar-refractivity contribution in [1.29, 1.82) is 0 Å². The number of hydrogen-bond donors (Lipinski definition) is 2. The molecule has 0 saturated heterocycles. The van der Waals surface area contributed by atoms with Crippen molar-refractivity contribution in [3.63, 3.8) is 0 Å². The quantitative estimate of drug-likeness (QED) is 0.723. The predicted molar refractivity (Wildman–Crippen MR) is 72.1 cm³/mol. The van der Waals surface area contributed by atoms with Crippen LogP contribution >= 0.6 is 11.5 Å². The number of aromatic nitrogens is 2. The molecule has 1 unspecified atom stereocenters. The molecule has 0 bridgehead atoms. The SMILES string of the molecule is CCCC(CCNC(=O)c1cnns1)CCC(=O)O. The molecule has 0 aliphatic heterocycles. The standard InChI is InChI=1S/C12H19N3O3S/c1-2-3-9(4-5-11(16)17)6-7-13-12(18)10-8-14-15-19-10/h8-9H,2-7H2,1H3,(H,13,18)(H,16,17). The largest absolute Gasteiger partial charge is 0.481 e. The van der Waals surface area contributed by atoms with Gasteiger partial charge in [-0.2, -0.15) is 0 Å². The van der Waals surface area contributed by atoms with Crippen molar-refractivity contribution in [1.82, 2.24) is 14.9 Å². The Kier molecular flexibility index (Phi) is 7.02. The second-order valence-electron chi connectivity index (χ2n) is 4.41. The van der Waals surface area contributed by atoms with Crippen LogP contribution in [0.3, 0.4) is 0 Å². The van der Waals surface area contributed by atoms with Gasteiger partial charge in [0.15, 0.2) is 0 Å². The number of rotatable bonds is 9. The highest BCUT2D eigenvalue weighted by atomic mass is 32.1. The minimum Gasteiger partial charge on any atom is -0.481 e. The van der Waals surface area contributed by atoms with Gasteiger partial charge in [-0.05, 0) is 30.3 Å². The molecule has 0 fully saturated rings. The zero-order chi connectivity index (χ0) is 14.1. The second-order valence-corrected chi connectivity index (χ2v) is 5.20. The van der Waals surface area contributed by atoms with Crippen LogP contribution in [0.5, 0.6) is 0 Å².